The van der Waals surface area contributed by atoms with E-state index in [9.17, 15) is 16.8 Å². The number of nitrogens with one attached hydrogen (secondary N) is 1. The standard InChI is InChI=1S/C11H18N2O4S2/c1-8-5-4-6-10(12)11(8)19(16,17)13-9(2)7-18(3,14)15/h4-6,9,13H,7,12H2,1-3H3. The molecule has 0 saturated heterocycles. The van der Waals surface area contributed by atoms with Crippen molar-refractivity contribution in [3.8, 4) is 0 Å². The fraction of sp³-hybridized carbons (Fsp3) is 0.455. The molecule has 0 fully saturated rings. The summed E-state index contributed by atoms with van der Waals surface area (Å²) < 4.78 is 49.0. The van der Waals surface area contributed by atoms with Gasteiger partial charge in [-0.15, -0.1) is 0 Å². The Morgan fingerprint density at radius 3 is 2.32 bits per heavy atom. The van der Waals surface area contributed by atoms with Gasteiger partial charge in [0.15, 0.2) is 0 Å². The molecular weight excluding hydrogens is 288 g/mol. The van der Waals surface area contributed by atoms with Gasteiger partial charge in [0.1, 0.15) is 14.7 Å². The number of benzene rings is 1. The molecule has 0 spiro atoms. The summed E-state index contributed by atoms with van der Waals surface area (Å²) in [6.45, 7) is 3.12. The van der Waals surface area contributed by atoms with Gasteiger partial charge in [-0.1, -0.05) is 12.1 Å². The molecule has 0 heterocycles. The Labute approximate surface area is 114 Å². The maximum atomic E-state index is 12.2. The molecule has 3 N–H and O–H groups in total. The van der Waals surface area contributed by atoms with E-state index in [4.69, 9.17) is 5.73 Å². The van der Waals surface area contributed by atoms with Crippen LogP contribution in [0.1, 0.15) is 12.5 Å². The molecule has 0 bridgehead atoms. The lowest BCUT2D eigenvalue weighted by atomic mass is 10.2. The molecule has 0 saturated carbocycles. The topological polar surface area (TPSA) is 106 Å². The van der Waals surface area contributed by atoms with Crippen molar-refractivity contribution in [1.29, 1.82) is 0 Å². The minimum absolute atomic E-state index is 0.00430. The van der Waals surface area contributed by atoms with E-state index in [0.29, 0.717) is 5.56 Å². The second kappa shape index (κ2) is 5.48. The molecule has 0 aliphatic heterocycles. The third-order valence-corrected chi connectivity index (χ3v) is 5.33. The zero-order valence-corrected chi connectivity index (χ0v) is 12.7. The van der Waals surface area contributed by atoms with Gasteiger partial charge in [0.2, 0.25) is 10.0 Å². The molecular formula is C11H18N2O4S2. The number of sulfonamides is 1. The van der Waals surface area contributed by atoms with Crippen LogP contribution in [0.3, 0.4) is 0 Å². The zero-order valence-electron chi connectivity index (χ0n) is 11.0. The molecule has 108 valence electrons. The smallest absolute Gasteiger partial charge is 0.243 e. The molecule has 1 rings (SSSR count). The highest BCUT2D eigenvalue weighted by Crippen LogP contribution is 2.22. The summed E-state index contributed by atoms with van der Waals surface area (Å²) in [6.07, 6.45) is 1.06. The van der Waals surface area contributed by atoms with Crippen LogP contribution in [0.5, 0.6) is 0 Å². The zero-order chi connectivity index (χ0) is 14.8. The first-order chi connectivity index (χ1) is 8.53. The van der Waals surface area contributed by atoms with Crippen LogP contribution in [0.25, 0.3) is 0 Å². The predicted molar refractivity (Wildman–Crippen MR) is 75.1 cm³/mol. The third kappa shape index (κ3) is 4.48. The van der Waals surface area contributed by atoms with Crippen molar-refractivity contribution in [1.82, 2.24) is 4.72 Å². The lowest BCUT2D eigenvalue weighted by Crippen LogP contribution is -2.37. The molecule has 8 heteroatoms. The van der Waals surface area contributed by atoms with E-state index in [1.807, 2.05) is 0 Å². The Kier molecular flexibility index (Phi) is 4.59. The molecule has 0 radical (unpaired) electrons. The van der Waals surface area contributed by atoms with Crippen LogP contribution in [-0.4, -0.2) is 34.9 Å². The fourth-order valence-electron chi connectivity index (χ4n) is 1.85. The van der Waals surface area contributed by atoms with Crippen molar-refractivity contribution in [2.75, 3.05) is 17.7 Å². The summed E-state index contributed by atoms with van der Waals surface area (Å²) in [5, 5.41) is 0. The fourth-order valence-corrected chi connectivity index (χ4v) is 4.55. The maximum absolute atomic E-state index is 12.2. The monoisotopic (exact) mass is 306 g/mol. The van der Waals surface area contributed by atoms with E-state index in [-0.39, 0.29) is 16.3 Å². The molecule has 1 atom stereocenters. The van der Waals surface area contributed by atoms with Gasteiger partial charge >= 0.3 is 0 Å². The number of sulfone groups is 1. The first kappa shape index (κ1) is 15.9. The molecule has 1 aromatic carbocycles. The van der Waals surface area contributed by atoms with E-state index in [0.717, 1.165) is 6.26 Å². The minimum Gasteiger partial charge on any atom is -0.398 e. The van der Waals surface area contributed by atoms with Crippen LogP contribution in [-0.2, 0) is 19.9 Å². The van der Waals surface area contributed by atoms with Crippen LogP contribution in [0.2, 0.25) is 0 Å². The second-order valence-electron chi connectivity index (χ2n) is 4.61. The van der Waals surface area contributed by atoms with Gasteiger partial charge in [-0.05, 0) is 25.5 Å². The number of hydrogen-bond donors (Lipinski definition) is 2. The van der Waals surface area contributed by atoms with Crippen molar-refractivity contribution in [2.45, 2.75) is 24.8 Å². The van der Waals surface area contributed by atoms with Crippen LogP contribution in [0.15, 0.2) is 23.1 Å². The quantitative estimate of drug-likeness (QED) is 0.760. The SMILES string of the molecule is Cc1cccc(N)c1S(=O)(=O)NC(C)CS(C)(=O)=O. The second-order valence-corrected chi connectivity index (χ2v) is 8.44. The number of nitrogen functional groups attached to an aromatic ring is 1. The molecule has 0 aliphatic carbocycles. The predicted octanol–water partition coefficient (Wildman–Crippen LogP) is 0.289. The Morgan fingerprint density at radius 2 is 1.84 bits per heavy atom. The van der Waals surface area contributed by atoms with Crippen molar-refractivity contribution < 1.29 is 16.8 Å². The number of anilines is 1. The van der Waals surface area contributed by atoms with Gasteiger partial charge in [-0.3, -0.25) is 0 Å². The molecule has 1 aromatic rings. The maximum Gasteiger partial charge on any atom is 0.243 e. The van der Waals surface area contributed by atoms with Gasteiger partial charge < -0.3 is 5.73 Å². The Bertz CT molecular complexity index is 646. The van der Waals surface area contributed by atoms with E-state index < -0.39 is 25.9 Å². The minimum atomic E-state index is -3.83. The van der Waals surface area contributed by atoms with Crippen molar-refractivity contribution >= 4 is 25.5 Å². The van der Waals surface area contributed by atoms with Gasteiger partial charge in [-0.25, -0.2) is 21.6 Å². The highest BCUT2D eigenvalue weighted by atomic mass is 32.2. The first-order valence-electron chi connectivity index (χ1n) is 5.58. The van der Waals surface area contributed by atoms with E-state index in [2.05, 4.69) is 4.72 Å². The largest absolute Gasteiger partial charge is 0.398 e. The normalized spacial score (nSPS) is 14.3. The van der Waals surface area contributed by atoms with Gasteiger partial charge in [-0.2, -0.15) is 0 Å². The lowest BCUT2D eigenvalue weighted by Gasteiger charge is -2.15. The van der Waals surface area contributed by atoms with Crippen molar-refractivity contribution in [2.24, 2.45) is 0 Å². The summed E-state index contributed by atoms with van der Waals surface area (Å²) in [5.41, 5.74) is 6.32. The molecule has 0 amide bonds. The highest BCUT2D eigenvalue weighted by Gasteiger charge is 2.23. The summed E-state index contributed by atoms with van der Waals surface area (Å²) in [4.78, 5) is -0.00430. The van der Waals surface area contributed by atoms with Gasteiger partial charge in [0, 0.05) is 12.3 Å². The number of aryl methyl sites for hydroxylation is 1. The average Bonchev–Trinajstić information content (AvgIpc) is 2.11. The summed E-state index contributed by atoms with van der Waals surface area (Å²) in [6, 6.07) is 4.05. The van der Waals surface area contributed by atoms with Crippen LogP contribution in [0.4, 0.5) is 5.69 Å². The molecule has 0 aromatic heterocycles. The highest BCUT2D eigenvalue weighted by molar-refractivity contribution is 7.91. The Morgan fingerprint density at radius 1 is 1.26 bits per heavy atom. The van der Waals surface area contributed by atoms with Crippen molar-refractivity contribution in [3.05, 3.63) is 23.8 Å². The third-order valence-electron chi connectivity index (χ3n) is 2.42. The van der Waals surface area contributed by atoms with E-state index in [1.165, 1.54) is 13.0 Å². The van der Waals surface area contributed by atoms with E-state index >= 15 is 0 Å². The summed E-state index contributed by atoms with van der Waals surface area (Å²) in [5.74, 6) is -0.266. The number of hydrogen-bond acceptors (Lipinski definition) is 5. The molecule has 19 heavy (non-hydrogen) atoms. The molecule has 0 aliphatic rings. The summed E-state index contributed by atoms with van der Waals surface area (Å²) >= 11 is 0. The van der Waals surface area contributed by atoms with Gasteiger partial charge in [0.25, 0.3) is 0 Å². The van der Waals surface area contributed by atoms with Crippen molar-refractivity contribution in [3.63, 3.8) is 0 Å². The lowest BCUT2D eigenvalue weighted by molar-refractivity contribution is 0.564. The first-order valence-corrected chi connectivity index (χ1v) is 9.12. The number of nitrogens with two attached hydrogens (primary N) is 1. The molecule has 1 unspecified atom stereocenters. The van der Waals surface area contributed by atoms with Crippen LogP contribution in [0, 0.1) is 6.92 Å². The van der Waals surface area contributed by atoms with Crippen LogP contribution < -0.4 is 10.5 Å². The molecule has 6 nitrogen and oxygen atoms in total. The van der Waals surface area contributed by atoms with E-state index in [1.54, 1.807) is 19.1 Å². The number of rotatable bonds is 5. The van der Waals surface area contributed by atoms with Gasteiger partial charge in [0.05, 0.1) is 11.4 Å². The van der Waals surface area contributed by atoms with Crippen LogP contribution >= 0.6 is 0 Å². The Hall–Kier alpha value is -1.12. The summed E-state index contributed by atoms with van der Waals surface area (Å²) in [7, 11) is -7.09. The average molecular weight is 306 g/mol. The Balaban J connectivity index is 3.06.